The standard InChI is InChI=1S/C22H26N2O2/c1-5-22(25,18-6-10-20(23-4)11-7-18)19-8-12-21(13-9-19)24-14-16(2)26-17(3)15-24/h1,6-13,16-17,23,25H,14-15H2,2-4H3. The molecule has 4 heteroatoms. The van der Waals surface area contributed by atoms with Gasteiger partial charge in [0.1, 0.15) is 0 Å². The second-order valence-corrected chi connectivity index (χ2v) is 6.89. The molecule has 4 nitrogen and oxygen atoms in total. The second-order valence-electron chi connectivity index (χ2n) is 6.89. The van der Waals surface area contributed by atoms with Crippen LogP contribution >= 0.6 is 0 Å². The summed E-state index contributed by atoms with van der Waals surface area (Å²) in [6, 6.07) is 15.4. The van der Waals surface area contributed by atoms with Crippen LogP contribution in [0.3, 0.4) is 0 Å². The number of rotatable bonds is 4. The number of ether oxygens (including phenoxy) is 1. The molecule has 1 heterocycles. The average molecular weight is 350 g/mol. The highest BCUT2D eigenvalue weighted by Gasteiger charge is 2.29. The third-order valence-corrected chi connectivity index (χ3v) is 4.87. The van der Waals surface area contributed by atoms with Gasteiger partial charge in [-0.05, 0) is 38.1 Å². The van der Waals surface area contributed by atoms with Crippen molar-refractivity contribution in [2.24, 2.45) is 0 Å². The highest BCUT2D eigenvalue weighted by Crippen LogP contribution is 2.31. The van der Waals surface area contributed by atoms with Gasteiger partial charge in [-0.3, -0.25) is 0 Å². The third kappa shape index (κ3) is 3.55. The minimum absolute atomic E-state index is 0.201. The molecule has 1 fully saturated rings. The van der Waals surface area contributed by atoms with E-state index in [1.807, 2.05) is 55.6 Å². The quantitative estimate of drug-likeness (QED) is 0.831. The fourth-order valence-electron chi connectivity index (χ4n) is 3.51. The van der Waals surface area contributed by atoms with Crippen LogP contribution in [0.1, 0.15) is 25.0 Å². The summed E-state index contributed by atoms with van der Waals surface area (Å²) in [4.78, 5) is 2.30. The van der Waals surface area contributed by atoms with E-state index in [4.69, 9.17) is 11.2 Å². The summed E-state index contributed by atoms with van der Waals surface area (Å²) in [6.07, 6.45) is 6.12. The molecule has 0 radical (unpaired) electrons. The molecule has 0 aromatic heterocycles. The first-order valence-corrected chi connectivity index (χ1v) is 8.95. The van der Waals surface area contributed by atoms with Gasteiger partial charge in [0.15, 0.2) is 5.60 Å². The van der Waals surface area contributed by atoms with Crippen LogP contribution in [0.5, 0.6) is 0 Å². The van der Waals surface area contributed by atoms with Gasteiger partial charge in [-0.1, -0.05) is 30.2 Å². The Morgan fingerprint density at radius 1 is 1.04 bits per heavy atom. The Balaban J connectivity index is 1.86. The van der Waals surface area contributed by atoms with E-state index in [0.29, 0.717) is 11.1 Å². The maximum Gasteiger partial charge on any atom is 0.176 e. The van der Waals surface area contributed by atoms with Crippen LogP contribution < -0.4 is 10.2 Å². The number of nitrogens with one attached hydrogen (secondary N) is 1. The Hall–Kier alpha value is -2.48. The number of hydrogen-bond acceptors (Lipinski definition) is 4. The summed E-state index contributed by atoms with van der Waals surface area (Å²) in [6.45, 7) is 5.88. The first kappa shape index (κ1) is 18.3. The second kappa shape index (κ2) is 7.41. The van der Waals surface area contributed by atoms with Gasteiger partial charge in [-0.2, -0.15) is 0 Å². The Morgan fingerprint density at radius 2 is 1.54 bits per heavy atom. The predicted octanol–water partition coefficient (Wildman–Crippen LogP) is 3.21. The molecule has 0 saturated carbocycles. The van der Waals surface area contributed by atoms with Crippen molar-refractivity contribution in [3.05, 3.63) is 59.7 Å². The number of hydrogen-bond donors (Lipinski definition) is 2. The Bertz CT molecular complexity index is 769. The zero-order valence-electron chi connectivity index (χ0n) is 15.6. The third-order valence-electron chi connectivity index (χ3n) is 4.87. The molecule has 0 amide bonds. The van der Waals surface area contributed by atoms with Crippen LogP contribution in [0.25, 0.3) is 0 Å². The van der Waals surface area contributed by atoms with Crippen molar-refractivity contribution in [1.82, 2.24) is 0 Å². The van der Waals surface area contributed by atoms with E-state index in [1.165, 1.54) is 0 Å². The van der Waals surface area contributed by atoms with Crippen LogP contribution in [0.4, 0.5) is 11.4 Å². The zero-order valence-corrected chi connectivity index (χ0v) is 15.6. The lowest BCUT2D eigenvalue weighted by molar-refractivity contribution is -0.00522. The van der Waals surface area contributed by atoms with Crippen LogP contribution in [0.15, 0.2) is 48.5 Å². The van der Waals surface area contributed by atoms with Gasteiger partial charge in [-0.15, -0.1) is 6.42 Å². The van der Waals surface area contributed by atoms with E-state index < -0.39 is 5.60 Å². The number of terminal acetylenes is 1. The molecule has 0 spiro atoms. The number of nitrogens with zero attached hydrogens (tertiary/aromatic N) is 1. The fourth-order valence-corrected chi connectivity index (χ4v) is 3.51. The number of morpholine rings is 1. The van der Waals surface area contributed by atoms with Crippen molar-refractivity contribution < 1.29 is 9.84 Å². The van der Waals surface area contributed by atoms with E-state index in [1.54, 1.807) is 0 Å². The molecule has 1 aliphatic heterocycles. The lowest BCUT2D eigenvalue weighted by Crippen LogP contribution is -2.45. The summed E-state index contributed by atoms with van der Waals surface area (Å²) >= 11 is 0. The zero-order chi connectivity index (χ0) is 18.7. The minimum atomic E-state index is -1.45. The Labute approximate surface area is 155 Å². The van der Waals surface area contributed by atoms with E-state index in [-0.39, 0.29) is 12.2 Å². The molecule has 0 bridgehead atoms. The molecule has 2 aromatic rings. The summed E-state index contributed by atoms with van der Waals surface area (Å²) in [7, 11) is 1.86. The van der Waals surface area contributed by atoms with Crippen LogP contribution in [-0.2, 0) is 10.3 Å². The molecule has 3 atom stereocenters. The number of benzene rings is 2. The lowest BCUT2D eigenvalue weighted by atomic mass is 9.87. The first-order valence-electron chi connectivity index (χ1n) is 8.95. The van der Waals surface area contributed by atoms with E-state index in [9.17, 15) is 5.11 Å². The predicted molar refractivity (Wildman–Crippen MR) is 106 cm³/mol. The summed E-state index contributed by atoms with van der Waals surface area (Å²) < 4.78 is 5.80. The van der Waals surface area contributed by atoms with Crippen molar-refractivity contribution in [3.8, 4) is 12.3 Å². The first-order chi connectivity index (χ1) is 12.5. The molecular weight excluding hydrogens is 324 g/mol. The van der Waals surface area contributed by atoms with E-state index in [2.05, 4.69) is 30.0 Å². The van der Waals surface area contributed by atoms with Crippen molar-refractivity contribution in [2.45, 2.75) is 31.7 Å². The van der Waals surface area contributed by atoms with Crippen molar-refractivity contribution in [2.75, 3.05) is 30.4 Å². The summed E-state index contributed by atoms with van der Waals surface area (Å²) in [5.74, 6) is 2.56. The minimum Gasteiger partial charge on any atom is -0.388 e. The molecule has 2 N–H and O–H groups in total. The van der Waals surface area contributed by atoms with Crippen molar-refractivity contribution >= 4 is 11.4 Å². The van der Waals surface area contributed by atoms with E-state index in [0.717, 1.165) is 24.5 Å². The van der Waals surface area contributed by atoms with Gasteiger partial charge in [0.2, 0.25) is 0 Å². The molecule has 136 valence electrons. The van der Waals surface area contributed by atoms with Gasteiger partial charge in [-0.25, -0.2) is 0 Å². The maximum absolute atomic E-state index is 11.1. The van der Waals surface area contributed by atoms with Gasteiger partial charge >= 0.3 is 0 Å². The molecular formula is C22H26N2O2. The topological polar surface area (TPSA) is 44.7 Å². The van der Waals surface area contributed by atoms with Crippen molar-refractivity contribution in [3.63, 3.8) is 0 Å². The largest absolute Gasteiger partial charge is 0.388 e. The van der Waals surface area contributed by atoms with Crippen LogP contribution in [0, 0.1) is 12.3 Å². The van der Waals surface area contributed by atoms with Crippen LogP contribution in [-0.4, -0.2) is 37.5 Å². The van der Waals surface area contributed by atoms with Gasteiger partial charge in [0, 0.05) is 42.6 Å². The normalized spacial score (nSPS) is 22.3. The van der Waals surface area contributed by atoms with Gasteiger partial charge in [0.05, 0.1) is 12.2 Å². The molecule has 26 heavy (non-hydrogen) atoms. The Kier molecular flexibility index (Phi) is 5.22. The monoisotopic (exact) mass is 350 g/mol. The van der Waals surface area contributed by atoms with Crippen LogP contribution in [0.2, 0.25) is 0 Å². The van der Waals surface area contributed by atoms with E-state index >= 15 is 0 Å². The molecule has 3 unspecified atom stereocenters. The summed E-state index contributed by atoms with van der Waals surface area (Å²) in [5, 5.41) is 14.2. The average Bonchev–Trinajstić information content (AvgIpc) is 2.67. The van der Waals surface area contributed by atoms with Gasteiger partial charge in [0.25, 0.3) is 0 Å². The summed E-state index contributed by atoms with van der Waals surface area (Å²) in [5.41, 5.74) is 2.01. The van der Waals surface area contributed by atoms with Crippen molar-refractivity contribution in [1.29, 1.82) is 0 Å². The number of aliphatic hydroxyl groups is 1. The molecule has 0 aliphatic carbocycles. The highest BCUT2D eigenvalue weighted by atomic mass is 16.5. The lowest BCUT2D eigenvalue weighted by Gasteiger charge is -2.37. The SMILES string of the molecule is C#CC(O)(c1ccc(NC)cc1)c1ccc(N2CC(C)OC(C)C2)cc1. The smallest absolute Gasteiger partial charge is 0.176 e. The molecule has 1 aliphatic rings. The molecule has 3 rings (SSSR count). The fraction of sp³-hybridized carbons (Fsp3) is 0.364. The number of anilines is 2. The maximum atomic E-state index is 11.1. The highest BCUT2D eigenvalue weighted by molar-refractivity contribution is 5.54. The molecule has 1 saturated heterocycles. The molecule has 2 aromatic carbocycles. The Morgan fingerprint density at radius 3 is 2.00 bits per heavy atom. The van der Waals surface area contributed by atoms with Gasteiger partial charge < -0.3 is 20.1 Å².